The molecule has 0 heterocycles. The van der Waals surface area contributed by atoms with Gasteiger partial charge in [0.15, 0.2) is 16.6 Å². The lowest BCUT2D eigenvalue weighted by atomic mass is 10.0. The summed E-state index contributed by atoms with van der Waals surface area (Å²) in [5, 5.41) is 6.45. The third kappa shape index (κ3) is 4.35. The summed E-state index contributed by atoms with van der Waals surface area (Å²) >= 11 is 5.30. The van der Waals surface area contributed by atoms with E-state index in [1.807, 2.05) is 25.1 Å². The summed E-state index contributed by atoms with van der Waals surface area (Å²) in [5.74, 6) is 0.979. The Hall–Kier alpha value is -2.34. The summed E-state index contributed by atoms with van der Waals surface area (Å²) in [6, 6.07) is 12.1. The number of hydrogen-bond donors (Lipinski definition) is 2. The molecule has 0 unspecified atom stereocenters. The molecule has 0 aromatic heterocycles. The lowest BCUT2D eigenvalue weighted by Crippen LogP contribution is -2.32. The summed E-state index contributed by atoms with van der Waals surface area (Å²) in [6.07, 6.45) is 0.800. The van der Waals surface area contributed by atoms with Crippen LogP contribution in [0.3, 0.4) is 0 Å². The van der Waals surface area contributed by atoms with Gasteiger partial charge in [-0.1, -0.05) is 25.1 Å². The maximum Gasteiger partial charge on any atom is 0.171 e. The molecule has 0 aliphatic rings. The first-order chi connectivity index (χ1) is 11.6. The summed E-state index contributed by atoms with van der Waals surface area (Å²) in [6.45, 7) is 2.04. The van der Waals surface area contributed by atoms with E-state index in [9.17, 15) is 4.39 Å². The fourth-order valence-electron chi connectivity index (χ4n) is 2.37. The van der Waals surface area contributed by atoms with Gasteiger partial charge in [0.05, 0.1) is 25.9 Å². The van der Waals surface area contributed by atoms with E-state index < -0.39 is 0 Å². The van der Waals surface area contributed by atoms with Crippen LogP contribution < -0.4 is 20.1 Å². The average molecular weight is 348 g/mol. The molecular formula is C18H21FN2O2S. The highest BCUT2D eigenvalue weighted by Crippen LogP contribution is 2.30. The number of para-hydroxylation sites is 1. The molecule has 0 amide bonds. The zero-order chi connectivity index (χ0) is 17.5. The van der Waals surface area contributed by atoms with Crippen molar-refractivity contribution in [3.8, 4) is 11.5 Å². The average Bonchev–Trinajstić information content (AvgIpc) is 2.61. The van der Waals surface area contributed by atoms with E-state index in [1.165, 1.54) is 6.07 Å². The lowest BCUT2D eigenvalue weighted by molar-refractivity contribution is 0.354. The minimum absolute atomic E-state index is 0.0309. The van der Waals surface area contributed by atoms with Gasteiger partial charge in [0, 0.05) is 0 Å². The van der Waals surface area contributed by atoms with Gasteiger partial charge in [0.2, 0.25) is 0 Å². The van der Waals surface area contributed by atoms with Crippen LogP contribution >= 0.6 is 12.2 Å². The maximum atomic E-state index is 13.7. The molecule has 0 bridgehead atoms. The van der Waals surface area contributed by atoms with Crippen molar-refractivity contribution in [2.75, 3.05) is 19.5 Å². The van der Waals surface area contributed by atoms with Crippen molar-refractivity contribution in [3.63, 3.8) is 0 Å². The first kappa shape index (κ1) is 18.0. The van der Waals surface area contributed by atoms with Crippen LogP contribution in [0.25, 0.3) is 0 Å². The molecule has 1 atom stereocenters. The molecule has 2 aromatic rings. The van der Waals surface area contributed by atoms with Crippen LogP contribution in [0.5, 0.6) is 11.5 Å². The van der Waals surface area contributed by atoms with Crippen LogP contribution in [0, 0.1) is 5.82 Å². The Balaban J connectivity index is 2.11. The predicted molar refractivity (Wildman–Crippen MR) is 98.3 cm³/mol. The minimum atomic E-state index is -0.346. The number of hydrogen-bond acceptors (Lipinski definition) is 3. The van der Waals surface area contributed by atoms with Crippen LogP contribution in [-0.4, -0.2) is 19.3 Å². The number of benzene rings is 2. The van der Waals surface area contributed by atoms with E-state index in [-0.39, 0.29) is 11.9 Å². The second-order valence-electron chi connectivity index (χ2n) is 5.15. The van der Waals surface area contributed by atoms with Crippen LogP contribution in [-0.2, 0) is 0 Å². The Labute approximate surface area is 147 Å². The SMILES string of the molecule is CC[C@H](NC(=S)Nc1ccccc1F)c1ccc(OC)c(OC)c1. The van der Waals surface area contributed by atoms with E-state index >= 15 is 0 Å². The third-order valence-electron chi connectivity index (χ3n) is 3.65. The summed E-state index contributed by atoms with van der Waals surface area (Å²) in [4.78, 5) is 0. The number of nitrogens with one attached hydrogen (secondary N) is 2. The zero-order valence-corrected chi connectivity index (χ0v) is 14.7. The lowest BCUT2D eigenvalue weighted by Gasteiger charge is -2.21. The Morgan fingerprint density at radius 1 is 1.12 bits per heavy atom. The van der Waals surface area contributed by atoms with Gasteiger partial charge in [-0.25, -0.2) is 4.39 Å². The Bertz CT molecular complexity index is 709. The highest BCUT2D eigenvalue weighted by molar-refractivity contribution is 7.80. The van der Waals surface area contributed by atoms with Gasteiger partial charge in [-0.3, -0.25) is 0 Å². The molecular weight excluding hydrogens is 327 g/mol. The molecule has 0 aliphatic carbocycles. The molecule has 2 aromatic carbocycles. The molecule has 0 fully saturated rings. The van der Waals surface area contributed by atoms with E-state index in [0.717, 1.165) is 12.0 Å². The van der Waals surface area contributed by atoms with E-state index in [1.54, 1.807) is 32.4 Å². The van der Waals surface area contributed by atoms with Gasteiger partial charge in [0.1, 0.15) is 5.82 Å². The van der Waals surface area contributed by atoms with Crippen molar-refractivity contribution in [3.05, 3.63) is 53.8 Å². The molecule has 6 heteroatoms. The normalized spacial score (nSPS) is 11.5. The monoisotopic (exact) mass is 348 g/mol. The van der Waals surface area contributed by atoms with Gasteiger partial charge < -0.3 is 20.1 Å². The van der Waals surface area contributed by atoms with Gasteiger partial charge in [-0.15, -0.1) is 0 Å². The number of halogens is 1. The van der Waals surface area contributed by atoms with E-state index in [2.05, 4.69) is 10.6 Å². The van der Waals surface area contributed by atoms with Crippen molar-refractivity contribution in [1.29, 1.82) is 0 Å². The van der Waals surface area contributed by atoms with Crippen LogP contribution in [0.2, 0.25) is 0 Å². The molecule has 4 nitrogen and oxygen atoms in total. The number of thiocarbonyl (C=S) groups is 1. The van der Waals surface area contributed by atoms with Gasteiger partial charge in [0.25, 0.3) is 0 Å². The Kier molecular flexibility index (Phi) is 6.37. The molecule has 0 spiro atoms. The quantitative estimate of drug-likeness (QED) is 0.763. The van der Waals surface area contributed by atoms with Crippen LogP contribution in [0.15, 0.2) is 42.5 Å². The molecule has 2 rings (SSSR count). The number of methoxy groups -OCH3 is 2. The summed E-state index contributed by atoms with van der Waals surface area (Å²) < 4.78 is 24.3. The van der Waals surface area contributed by atoms with Crippen molar-refractivity contribution in [2.24, 2.45) is 0 Å². The van der Waals surface area contributed by atoms with Crippen molar-refractivity contribution in [2.45, 2.75) is 19.4 Å². The van der Waals surface area contributed by atoms with Crippen LogP contribution in [0.4, 0.5) is 10.1 Å². The number of anilines is 1. The maximum absolute atomic E-state index is 13.7. The smallest absolute Gasteiger partial charge is 0.171 e. The topological polar surface area (TPSA) is 42.5 Å². The molecule has 0 saturated heterocycles. The highest BCUT2D eigenvalue weighted by Gasteiger charge is 2.14. The number of rotatable bonds is 6. The standard InChI is InChI=1S/C18H21FN2O2S/c1-4-14(12-9-10-16(22-2)17(11-12)23-3)20-18(24)21-15-8-6-5-7-13(15)19/h5-11,14H,4H2,1-3H3,(H2,20,21,24)/t14-/m0/s1. The van der Waals surface area contributed by atoms with Gasteiger partial charge >= 0.3 is 0 Å². The largest absolute Gasteiger partial charge is 0.493 e. The fourth-order valence-corrected chi connectivity index (χ4v) is 2.62. The molecule has 128 valence electrons. The summed E-state index contributed by atoms with van der Waals surface area (Å²) in [5.41, 5.74) is 1.35. The summed E-state index contributed by atoms with van der Waals surface area (Å²) in [7, 11) is 3.20. The second-order valence-corrected chi connectivity index (χ2v) is 5.56. The first-order valence-electron chi connectivity index (χ1n) is 7.63. The second kappa shape index (κ2) is 8.49. The molecule has 2 N–H and O–H groups in total. The van der Waals surface area contributed by atoms with E-state index in [0.29, 0.717) is 22.3 Å². The Morgan fingerprint density at radius 3 is 2.46 bits per heavy atom. The molecule has 24 heavy (non-hydrogen) atoms. The number of ether oxygens (including phenoxy) is 2. The predicted octanol–water partition coefficient (Wildman–Crippen LogP) is 4.28. The zero-order valence-electron chi connectivity index (χ0n) is 13.9. The highest BCUT2D eigenvalue weighted by atomic mass is 32.1. The molecule has 0 aliphatic heterocycles. The molecule has 0 radical (unpaired) electrons. The van der Waals surface area contributed by atoms with Crippen LogP contribution in [0.1, 0.15) is 24.9 Å². The fraction of sp³-hybridized carbons (Fsp3) is 0.278. The molecule has 0 saturated carbocycles. The van der Waals surface area contributed by atoms with Crippen molar-refractivity contribution >= 4 is 23.0 Å². The Morgan fingerprint density at radius 2 is 1.83 bits per heavy atom. The van der Waals surface area contributed by atoms with Crippen molar-refractivity contribution in [1.82, 2.24) is 5.32 Å². The van der Waals surface area contributed by atoms with Gasteiger partial charge in [-0.05, 0) is 48.5 Å². The third-order valence-corrected chi connectivity index (χ3v) is 3.87. The van der Waals surface area contributed by atoms with Crippen molar-refractivity contribution < 1.29 is 13.9 Å². The van der Waals surface area contributed by atoms with E-state index in [4.69, 9.17) is 21.7 Å². The first-order valence-corrected chi connectivity index (χ1v) is 8.03. The van der Waals surface area contributed by atoms with Gasteiger partial charge in [-0.2, -0.15) is 0 Å². The minimum Gasteiger partial charge on any atom is -0.493 e.